The van der Waals surface area contributed by atoms with Crippen LogP contribution in [0, 0.1) is 0 Å². The topological polar surface area (TPSA) is 26.3 Å². The maximum atomic E-state index is 10.0. The standard InChI is InChI=1S/C6H14NO.Na/c1-3-7(4-2)5-6-8;/h3-6H2,1-2H3;/q-1;+1. The van der Waals surface area contributed by atoms with Crippen LogP contribution in [0.4, 0.5) is 0 Å². The fourth-order valence-corrected chi connectivity index (χ4v) is 0.669. The number of hydrogen-bond acceptors (Lipinski definition) is 2. The zero-order valence-electron chi connectivity index (χ0n) is 6.68. The van der Waals surface area contributed by atoms with Gasteiger partial charge in [-0.15, -0.1) is 6.61 Å². The van der Waals surface area contributed by atoms with Gasteiger partial charge >= 0.3 is 29.6 Å². The van der Waals surface area contributed by atoms with Crippen molar-refractivity contribution in [1.29, 1.82) is 0 Å². The Morgan fingerprint density at radius 3 is 1.78 bits per heavy atom. The predicted octanol–water partition coefficient (Wildman–Crippen LogP) is -3.31. The molecule has 0 amide bonds. The molecule has 0 heterocycles. The van der Waals surface area contributed by atoms with E-state index in [2.05, 4.69) is 18.7 Å². The SMILES string of the molecule is CCN(CC)CC[O-].[Na+]. The van der Waals surface area contributed by atoms with Gasteiger partial charge in [-0.25, -0.2) is 0 Å². The molecule has 0 unspecified atom stereocenters. The summed E-state index contributed by atoms with van der Waals surface area (Å²) in [6.07, 6.45) is 0. The molecule has 0 fully saturated rings. The van der Waals surface area contributed by atoms with Crippen LogP contribution in [0.5, 0.6) is 0 Å². The first kappa shape index (κ1) is 12.6. The van der Waals surface area contributed by atoms with Crippen LogP contribution >= 0.6 is 0 Å². The summed E-state index contributed by atoms with van der Waals surface area (Å²) >= 11 is 0. The molecule has 0 atom stereocenters. The van der Waals surface area contributed by atoms with Crippen LogP contribution in [0.1, 0.15) is 13.8 Å². The van der Waals surface area contributed by atoms with Crippen LogP contribution in [-0.4, -0.2) is 31.1 Å². The molecule has 0 aliphatic heterocycles. The summed E-state index contributed by atoms with van der Waals surface area (Å²) in [5.74, 6) is 0. The third kappa shape index (κ3) is 6.81. The second-order valence-electron chi connectivity index (χ2n) is 1.73. The summed E-state index contributed by atoms with van der Waals surface area (Å²) in [6, 6.07) is 0. The average molecular weight is 139 g/mol. The van der Waals surface area contributed by atoms with Crippen LogP contribution in [-0.2, 0) is 0 Å². The molecule has 0 aliphatic carbocycles. The third-order valence-corrected chi connectivity index (χ3v) is 1.30. The van der Waals surface area contributed by atoms with E-state index in [1.54, 1.807) is 0 Å². The molecule has 2 nitrogen and oxygen atoms in total. The predicted molar refractivity (Wildman–Crippen MR) is 32.7 cm³/mol. The smallest absolute Gasteiger partial charge is 0.854 e. The van der Waals surface area contributed by atoms with Crippen molar-refractivity contribution in [1.82, 2.24) is 4.90 Å². The Bertz CT molecular complexity index is 48.3. The normalized spacial score (nSPS) is 9.33. The number of likely N-dealkylation sites (N-methyl/N-ethyl adjacent to an activating group) is 1. The number of rotatable bonds is 4. The largest absolute Gasteiger partial charge is 1.00 e. The molecule has 0 aromatic carbocycles. The Hall–Kier alpha value is 0.920. The van der Waals surface area contributed by atoms with Gasteiger partial charge in [0.1, 0.15) is 0 Å². The molecule has 0 aromatic rings. The van der Waals surface area contributed by atoms with Crippen LogP contribution < -0.4 is 34.7 Å². The summed E-state index contributed by atoms with van der Waals surface area (Å²) < 4.78 is 0. The van der Waals surface area contributed by atoms with Crippen molar-refractivity contribution in [3.8, 4) is 0 Å². The van der Waals surface area contributed by atoms with Crippen molar-refractivity contribution >= 4 is 0 Å². The minimum Gasteiger partial charge on any atom is -0.854 e. The van der Waals surface area contributed by atoms with Gasteiger partial charge in [-0.05, 0) is 19.6 Å². The van der Waals surface area contributed by atoms with E-state index < -0.39 is 0 Å². The second kappa shape index (κ2) is 8.92. The van der Waals surface area contributed by atoms with Gasteiger partial charge in [-0.3, -0.25) is 0 Å². The maximum Gasteiger partial charge on any atom is 1.00 e. The van der Waals surface area contributed by atoms with Crippen molar-refractivity contribution in [2.24, 2.45) is 0 Å². The van der Waals surface area contributed by atoms with E-state index in [0.717, 1.165) is 13.1 Å². The first-order chi connectivity index (χ1) is 3.85. The Morgan fingerprint density at radius 2 is 1.67 bits per heavy atom. The minimum atomic E-state index is 0. The van der Waals surface area contributed by atoms with Crippen molar-refractivity contribution < 1.29 is 34.7 Å². The first-order valence-electron chi connectivity index (χ1n) is 3.15. The van der Waals surface area contributed by atoms with Gasteiger partial charge in [0.25, 0.3) is 0 Å². The molecular formula is C6H14NNaO. The van der Waals surface area contributed by atoms with Gasteiger partial charge in [0.2, 0.25) is 0 Å². The zero-order chi connectivity index (χ0) is 6.41. The van der Waals surface area contributed by atoms with E-state index in [-0.39, 0.29) is 36.2 Å². The van der Waals surface area contributed by atoms with Gasteiger partial charge in [0.15, 0.2) is 0 Å². The van der Waals surface area contributed by atoms with Crippen molar-refractivity contribution in [2.45, 2.75) is 13.8 Å². The van der Waals surface area contributed by atoms with E-state index in [4.69, 9.17) is 0 Å². The van der Waals surface area contributed by atoms with Gasteiger partial charge in [-0.2, -0.15) is 0 Å². The average Bonchev–Trinajstić information content (AvgIpc) is 1.83. The quantitative estimate of drug-likeness (QED) is 0.381. The number of nitrogens with zero attached hydrogens (tertiary/aromatic N) is 1. The fourth-order valence-electron chi connectivity index (χ4n) is 0.669. The van der Waals surface area contributed by atoms with Gasteiger partial charge in [0, 0.05) is 0 Å². The maximum absolute atomic E-state index is 10.0. The summed E-state index contributed by atoms with van der Waals surface area (Å²) in [5, 5.41) is 10.0. The van der Waals surface area contributed by atoms with E-state index in [1.165, 1.54) is 0 Å². The van der Waals surface area contributed by atoms with Crippen molar-refractivity contribution in [2.75, 3.05) is 26.2 Å². The first-order valence-corrected chi connectivity index (χ1v) is 3.15. The third-order valence-electron chi connectivity index (χ3n) is 1.30. The molecule has 50 valence electrons. The Morgan fingerprint density at radius 1 is 1.22 bits per heavy atom. The molecule has 0 saturated carbocycles. The zero-order valence-corrected chi connectivity index (χ0v) is 8.68. The van der Waals surface area contributed by atoms with Crippen LogP contribution in [0.15, 0.2) is 0 Å². The summed E-state index contributed by atoms with van der Waals surface area (Å²) in [5.41, 5.74) is 0. The van der Waals surface area contributed by atoms with Crippen molar-refractivity contribution in [3.05, 3.63) is 0 Å². The summed E-state index contributed by atoms with van der Waals surface area (Å²) in [7, 11) is 0. The van der Waals surface area contributed by atoms with Gasteiger partial charge in [-0.1, -0.05) is 13.8 Å². The second-order valence-corrected chi connectivity index (χ2v) is 1.73. The molecule has 0 saturated heterocycles. The summed E-state index contributed by atoms with van der Waals surface area (Å²) in [4.78, 5) is 2.12. The van der Waals surface area contributed by atoms with Gasteiger partial charge in [0.05, 0.1) is 0 Å². The van der Waals surface area contributed by atoms with E-state index in [1.807, 2.05) is 0 Å². The molecule has 0 spiro atoms. The van der Waals surface area contributed by atoms with E-state index in [0.29, 0.717) is 6.54 Å². The molecule has 0 bridgehead atoms. The molecule has 9 heavy (non-hydrogen) atoms. The summed E-state index contributed by atoms with van der Waals surface area (Å²) in [6.45, 7) is 6.87. The van der Waals surface area contributed by atoms with Crippen LogP contribution in [0.3, 0.4) is 0 Å². The Kier molecular flexibility index (Phi) is 12.5. The molecule has 0 aliphatic rings. The van der Waals surface area contributed by atoms with E-state index >= 15 is 0 Å². The minimum absolute atomic E-state index is 0. The fraction of sp³-hybridized carbons (Fsp3) is 1.00. The molecule has 0 radical (unpaired) electrons. The molecule has 0 rings (SSSR count). The van der Waals surface area contributed by atoms with Gasteiger partial charge < -0.3 is 10.0 Å². The van der Waals surface area contributed by atoms with E-state index in [9.17, 15) is 5.11 Å². The van der Waals surface area contributed by atoms with Crippen LogP contribution in [0.2, 0.25) is 0 Å². The molecule has 0 N–H and O–H groups in total. The molecule has 0 aromatic heterocycles. The molecular weight excluding hydrogens is 125 g/mol. The molecule has 3 heteroatoms. The monoisotopic (exact) mass is 139 g/mol. The number of hydrogen-bond donors (Lipinski definition) is 0. The van der Waals surface area contributed by atoms with Crippen LogP contribution in [0.25, 0.3) is 0 Å². The Labute approximate surface area is 79.5 Å². The Balaban J connectivity index is 0. The van der Waals surface area contributed by atoms with Crippen molar-refractivity contribution in [3.63, 3.8) is 0 Å².